The quantitative estimate of drug-likeness (QED) is 0.854. The van der Waals surface area contributed by atoms with Gasteiger partial charge in [-0.2, -0.15) is 0 Å². The van der Waals surface area contributed by atoms with Crippen molar-refractivity contribution in [2.45, 2.75) is 50.4 Å². The van der Waals surface area contributed by atoms with E-state index in [1.54, 1.807) is 15.9 Å². The fraction of sp³-hybridized carbons (Fsp3) is 0.688. The van der Waals surface area contributed by atoms with Crippen molar-refractivity contribution in [2.75, 3.05) is 13.2 Å². The van der Waals surface area contributed by atoms with E-state index in [0.717, 1.165) is 41.7 Å². The van der Waals surface area contributed by atoms with E-state index in [-0.39, 0.29) is 5.56 Å². The molecule has 1 saturated heterocycles. The Labute approximate surface area is 133 Å². The largest absolute Gasteiger partial charge is 0.381 e. The molecule has 2 aliphatic rings. The molecule has 118 valence electrons. The van der Waals surface area contributed by atoms with Crippen molar-refractivity contribution >= 4 is 21.7 Å². The molecule has 2 aromatic heterocycles. The van der Waals surface area contributed by atoms with Gasteiger partial charge in [-0.15, -0.1) is 0 Å². The van der Waals surface area contributed by atoms with Gasteiger partial charge < -0.3 is 4.74 Å². The molecule has 1 aliphatic carbocycles. The third kappa shape index (κ3) is 2.38. The minimum absolute atomic E-state index is 0.00647. The number of aromatic nitrogens is 3. The molecule has 4 rings (SSSR count). The molecular formula is C16H21N3O2S. The summed E-state index contributed by atoms with van der Waals surface area (Å²) in [5.41, 5.74) is 0.567. The fourth-order valence-electron chi connectivity index (χ4n) is 3.65. The maximum absolute atomic E-state index is 12.7. The second kappa shape index (κ2) is 5.74. The van der Waals surface area contributed by atoms with E-state index in [1.165, 1.54) is 25.7 Å². The minimum Gasteiger partial charge on any atom is -0.381 e. The summed E-state index contributed by atoms with van der Waals surface area (Å²) in [7, 11) is 1.83. The highest BCUT2D eigenvalue weighted by atomic mass is 32.1. The van der Waals surface area contributed by atoms with Crippen molar-refractivity contribution in [3.8, 4) is 0 Å². The van der Waals surface area contributed by atoms with E-state index >= 15 is 0 Å². The predicted molar refractivity (Wildman–Crippen MR) is 86.7 cm³/mol. The van der Waals surface area contributed by atoms with Crippen LogP contribution in [0, 0.1) is 0 Å². The lowest BCUT2D eigenvalue weighted by Gasteiger charge is -2.22. The van der Waals surface area contributed by atoms with Crippen LogP contribution in [-0.2, 0) is 11.8 Å². The van der Waals surface area contributed by atoms with Gasteiger partial charge in [-0.25, -0.2) is 9.97 Å². The normalized spacial score (nSPS) is 21.0. The molecule has 1 saturated carbocycles. The lowest BCUT2D eigenvalue weighted by molar-refractivity contribution is 0.0828. The van der Waals surface area contributed by atoms with E-state index in [2.05, 4.69) is 4.98 Å². The fourth-order valence-corrected chi connectivity index (χ4v) is 4.76. The number of thiazole rings is 1. The van der Waals surface area contributed by atoms with Gasteiger partial charge in [0.05, 0.1) is 5.01 Å². The molecule has 22 heavy (non-hydrogen) atoms. The molecule has 6 heteroatoms. The van der Waals surface area contributed by atoms with Gasteiger partial charge in [0, 0.05) is 32.1 Å². The first-order valence-corrected chi connectivity index (χ1v) is 9.01. The zero-order valence-corrected chi connectivity index (χ0v) is 13.7. The molecule has 0 unspecified atom stereocenters. The van der Waals surface area contributed by atoms with Gasteiger partial charge in [-0.05, 0) is 25.7 Å². The Balaban J connectivity index is 1.78. The van der Waals surface area contributed by atoms with Crippen LogP contribution in [0.3, 0.4) is 0 Å². The Morgan fingerprint density at radius 1 is 1.09 bits per heavy atom. The van der Waals surface area contributed by atoms with Crippen LogP contribution in [-0.4, -0.2) is 27.7 Å². The zero-order valence-electron chi connectivity index (χ0n) is 12.9. The van der Waals surface area contributed by atoms with Gasteiger partial charge in [0.1, 0.15) is 5.82 Å². The number of hydrogen-bond acceptors (Lipinski definition) is 5. The van der Waals surface area contributed by atoms with Crippen LogP contribution in [0.1, 0.15) is 61.2 Å². The second-order valence-corrected chi connectivity index (χ2v) is 7.42. The summed E-state index contributed by atoms with van der Waals surface area (Å²) < 4.78 is 7.13. The number of fused-ring (bicyclic) bond motifs is 1. The highest BCUT2D eigenvalue weighted by molar-refractivity contribution is 7.18. The Morgan fingerprint density at radius 3 is 2.55 bits per heavy atom. The van der Waals surface area contributed by atoms with Crippen LogP contribution in [0.25, 0.3) is 10.3 Å². The Hall–Kier alpha value is -1.27. The van der Waals surface area contributed by atoms with Crippen molar-refractivity contribution < 1.29 is 4.74 Å². The second-order valence-electron chi connectivity index (χ2n) is 6.41. The van der Waals surface area contributed by atoms with Gasteiger partial charge in [0.15, 0.2) is 10.3 Å². The van der Waals surface area contributed by atoms with Crippen LogP contribution in [0.4, 0.5) is 0 Å². The topological polar surface area (TPSA) is 57.0 Å². The maximum atomic E-state index is 12.7. The van der Waals surface area contributed by atoms with Gasteiger partial charge in [-0.1, -0.05) is 24.2 Å². The van der Waals surface area contributed by atoms with Gasteiger partial charge >= 0.3 is 0 Å². The van der Waals surface area contributed by atoms with Gasteiger partial charge in [-0.3, -0.25) is 9.36 Å². The molecule has 0 radical (unpaired) electrons. The average Bonchev–Trinajstić information content (AvgIpc) is 3.20. The van der Waals surface area contributed by atoms with Gasteiger partial charge in [0.25, 0.3) is 5.56 Å². The van der Waals surface area contributed by atoms with Crippen molar-refractivity contribution in [1.29, 1.82) is 0 Å². The standard InChI is InChI=1S/C16H21N3O2S/c1-19-13(10-6-8-21-9-7-10)18-15-12(16(19)20)17-14(22-15)11-4-2-3-5-11/h10-11H,2-9H2,1H3. The third-order valence-electron chi connectivity index (χ3n) is 4.98. The summed E-state index contributed by atoms with van der Waals surface area (Å²) in [5.74, 6) is 1.77. The van der Waals surface area contributed by atoms with Crippen LogP contribution in [0.5, 0.6) is 0 Å². The molecule has 1 aliphatic heterocycles. The third-order valence-corrected chi connectivity index (χ3v) is 6.10. The first-order valence-electron chi connectivity index (χ1n) is 8.19. The van der Waals surface area contributed by atoms with E-state index in [4.69, 9.17) is 9.72 Å². The van der Waals surface area contributed by atoms with Crippen molar-refractivity contribution in [1.82, 2.24) is 14.5 Å². The number of ether oxygens (including phenoxy) is 1. The predicted octanol–water partition coefficient (Wildman–Crippen LogP) is 2.94. The molecule has 5 nitrogen and oxygen atoms in total. The van der Waals surface area contributed by atoms with E-state index in [0.29, 0.717) is 17.4 Å². The van der Waals surface area contributed by atoms with Crippen molar-refractivity contribution in [3.63, 3.8) is 0 Å². The first-order chi connectivity index (χ1) is 10.7. The lowest BCUT2D eigenvalue weighted by Crippen LogP contribution is -2.26. The Kier molecular flexibility index (Phi) is 3.74. The highest BCUT2D eigenvalue weighted by Crippen LogP contribution is 2.37. The molecule has 2 fully saturated rings. The summed E-state index contributed by atoms with van der Waals surface area (Å²) in [4.78, 5) is 22.9. The average molecular weight is 319 g/mol. The summed E-state index contributed by atoms with van der Waals surface area (Å²) in [6.07, 6.45) is 6.85. The summed E-state index contributed by atoms with van der Waals surface area (Å²) >= 11 is 1.63. The van der Waals surface area contributed by atoms with Crippen molar-refractivity contribution in [3.05, 3.63) is 21.2 Å². The summed E-state index contributed by atoms with van der Waals surface area (Å²) in [6.45, 7) is 1.52. The van der Waals surface area contributed by atoms with Crippen LogP contribution < -0.4 is 5.56 Å². The number of hydrogen-bond donors (Lipinski definition) is 0. The molecule has 0 bridgehead atoms. The number of rotatable bonds is 2. The molecule has 0 amide bonds. The van der Waals surface area contributed by atoms with E-state index in [1.807, 2.05) is 7.05 Å². The van der Waals surface area contributed by atoms with Crippen LogP contribution in [0.15, 0.2) is 4.79 Å². The zero-order chi connectivity index (χ0) is 15.1. The highest BCUT2D eigenvalue weighted by Gasteiger charge is 2.25. The van der Waals surface area contributed by atoms with E-state index in [9.17, 15) is 4.79 Å². The molecule has 0 N–H and O–H groups in total. The minimum atomic E-state index is 0.00647. The molecule has 0 spiro atoms. The summed E-state index contributed by atoms with van der Waals surface area (Å²) in [6, 6.07) is 0. The molecule has 2 aromatic rings. The summed E-state index contributed by atoms with van der Waals surface area (Å²) in [5, 5.41) is 1.11. The smallest absolute Gasteiger partial charge is 0.280 e. The van der Waals surface area contributed by atoms with Gasteiger partial charge in [0.2, 0.25) is 0 Å². The SMILES string of the molecule is Cn1c(C2CCOCC2)nc2sc(C3CCCC3)nc2c1=O. The molecule has 0 atom stereocenters. The first kappa shape index (κ1) is 14.3. The Bertz CT molecular complexity index is 740. The lowest BCUT2D eigenvalue weighted by atomic mass is 9.99. The van der Waals surface area contributed by atoms with Crippen molar-refractivity contribution in [2.24, 2.45) is 7.05 Å². The molecule has 3 heterocycles. The van der Waals surface area contributed by atoms with Crippen LogP contribution in [0.2, 0.25) is 0 Å². The van der Waals surface area contributed by atoms with E-state index < -0.39 is 0 Å². The number of nitrogens with zero attached hydrogens (tertiary/aromatic N) is 3. The monoisotopic (exact) mass is 319 g/mol. The molecule has 0 aromatic carbocycles. The maximum Gasteiger partial charge on any atom is 0.280 e. The molecular weight excluding hydrogens is 298 g/mol. The Morgan fingerprint density at radius 2 is 1.82 bits per heavy atom. The van der Waals surface area contributed by atoms with Crippen LogP contribution >= 0.6 is 11.3 Å².